The number of hydrogen-bond acceptors (Lipinski definition) is 2. The van der Waals surface area contributed by atoms with Crippen molar-refractivity contribution >= 4 is 10.0 Å². The van der Waals surface area contributed by atoms with Gasteiger partial charge in [0.2, 0.25) is 10.0 Å². The highest BCUT2D eigenvalue weighted by molar-refractivity contribution is 7.89. The van der Waals surface area contributed by atoms with Crippen molar-refractivity contribution in [3.05, 3.63) is 29.3 Å². The molecular weight excluding hydrogens is 282 g/mol. The standard InChI is InChI=1S/C17H29NO2S/c1-4-5-6-7-8-9-10-13-18-21(19,20)17-14-15(2)11-12-16(17)3/h11-12,14,18H,4-10,13H2,1-3H3. The Morgan fingerprint density at radius 1 is 0.952 bits per heavy atom. The van der Waals surface area contributed by atoms with E-state index in [0.29, 0.717) is 11.4 Å². The molecule has 3 nitrogen and oxygen atoms in total. The third-order valence-electron chi connectivity index (χ3n) is 3.71. The van der Waals surface area contributed by atoms with Crippen LogP contribution >= 0.6 is 0 Å². The molecule has 0 saturated carbocycles. The van der Waals surface area contributed by atoms with Crippen molar-refractivity contribution in [3.63, 3.8) is 0 Å². The third-order valence-corrected chi connectivity index (χ3v) is 5.31. The fourth-order valence-electron chi connectivity index (χ4n) is 2.36. The minimum absolute atomic E-state index is 0.408. The summed E-state index contributed by atoms with van der Waals surface area (Å²) in [6.07, 6.45) is 8.33. The lowest BCUT2D eigenvalue weighted by atomic mass is 10.1. The van der Waals surface area contributed by atoms with Crippen molar-refractivity contribution in [2.75, 3.05) is 6.54 Å². The van der Waals surface area contributed by atoms with Crippen LogP contribution in [0, 0.1) is 13.8 Å². The Hall–Kier alpha value is -0.870. The Labute approximate surface area is 130 Å². The first-order chi connectivity index (χ1) is 9.97. The SMILES string of the molecule is CCCCCCCCCNS(=O)(=O)c1cc(C)ccc1C. The second kappa shape index (κ2) is 9.21. The maximum atomic E-state index is 12.3. The molecule has 0 heterocycles. The number of hydrogen-bond donors (Lipinski definition) is 1. The highest BCUT2D eigenvalue weighted by Crippen LogP contribution is 2.16. The molecule has 0 unspecified atom stereocenters. The summed E-state index contributed by atoms with van der Waals surface area (Å²) < 4.78 is 27.3. The van der Waals surface area contributed by atoms with Gasteiger partial charge in [0.15, 0.2) is 0 Å². The Bertz CT molecular complexity index is 524. The Balaban J connectivity index is 2.35. The minimum Gasteiger partial charge on any atom is -0.211 e. The van der Waals surface area contributed by atoms with Crippen molar-refractivity contribution in [2.24, 2.45) is 0 Å². The highest BCUT2D eigenvalue weighted by atomic mass is 32.2. The number of rotatable bonds is 10. The van der Waals surface area contributed by atoms with Crippen LogP contribution in [0.3, 0.4) is 0 Å². The molecule has 4 heteroatoms. The summed E-state index contributed by atoms with van der Waals surface area (Å²) in [6.45, 7) is 6.49. The fraction of sp³-hybridized carbons (Fsp3) is 0.647. The van der Waals surface area contributed by atoms with E-state index in [1.807, 2.05) is 26.0 Å². The van der Waals surface area contributed by atoms with Crippen LogP contribution in [0.4, 0.5) is 0 Å². The van der Waals surface area contributed by atoms with Gasteiger partial charge >= 0.3 is 0 Å². The zero-order valence-electron chi connectivity index (χ0n) is 13.6. The Kier molecular flexibility index (Phi) is 7.97. The molecule has 0 aliphatic heterocycles. The number of sulfonamides is 1. The van der Waals surface area contributed by atoms with Gasteiger partial charge in [0.1, 0.15) is 0 Å². The summed E-state index contributed by atoms with van der Waals surface area (Å²) in [4.78, 5) is 0.408. The quantitative estimate of drug-likeness (QED) is 0.654. The largest absolute Gasteiger partial charge is 0.240 e. The van der Waals surface area contributed by atoms with Gasteiger partial charge in [-0.25, -0.2) is 13.1 Å². The lowest BCUT2D eigenvalue weighted by molar-refractivity contribution is 0.563. The molecule has 0 atom stereocenters. The molecule has 0 aliphatic carbocycles. The van der Waals surface area contributed by atoms with E-state index in [0.717, 1.165) is 24.0 Å². The number of aryl methyl sites for hydroxylation is 2. The average Bonchev–Trinajstić information content (AvgIpc) is 2.44. The first-order valence-electron chi connectivity index (χ1n) is 8.04. The summed E-state index contributed by atoms with van der Waals surface area (Å²) in [5.74, 6) is 0. The van der Waals surface area contributed by atoms with E-state index in [-0.39, 0.29) is 0 Å². The van der Waals surface area contributed by atoms with Crippen LogP contribution in [0.5, 0.6) is 0 Å². The summed E-state index contributed by atoms with van der Waals surface area (Å²) in [5, 5.41) is 0. The second-order valence-corrected chi connectivity index (χ2v) is 7.52. The lowest BCUT2D eigenvalue weighted by Gasteiger charge is -2.10. The Morgan fingerprint density at radius 2 is 1.57 bits per heavy atom. The van der Waals surface area contributed by atoms with Crippen molar-refractivity contribution < 1.29 is 8.42 Å². The molecule has 0 fully saturated rings. The van der Waals surface area contributed by atoms with E-state index in [4.69, 9.17) is 0 Å². The molecule has 1 aromatic carbocycles. The maximum Gasteiger partial charge on any atom is 0.240 e. The van der Waals surface area contributed by atoms with E-state index in [9.17, 15) is 8.42 Å². The molecular formula is C17H29NO2S. The first kappa shape index (κ1) is 18.2. The van der Waals surface area contributed by atoms with E-state index in [2.05, 4.69) is 11.6 Å². The molecule has 0 aromatic heterocycles. The van der Waals surface area contributed by atoms with Crippen LogP contribution in [0.15, 0.2) is 23.1 Å². The van der Waals surface area contributed by atoms with Crippen molar-refractivity contribution in [1.29, 1.82) is 0 Å². The van der Waals surface area contributed by atoms with E-state index < -0.39 is 10.0 Å². The number of unbranched alkanes of at least 4 members (excludes halogenated alkanes) is 6. The van der Waals surface area contributed by atoms with Crippen LogP contribution in [-0.2, 0) is 10.0 Å². The molecule has 1 rings (SSSR count). The molecule has 120 valence electrons. The molecule has 1 N–H and O–H groups in total. The van der Waals surface area contributed by atoms with Gasteiger partial charge in [-0.2, -0.15) is 0 Å². The van der Waals surface area contributed by atoms with Crippen LogP contribution in [-0.4, -0.2) is 15.0 Å². The van der Waals surface area contributed by atoms with Gasteiger partial charge in [-0.3, -0.25) is 0 Å². The van der Waals surface area contributed by atoms with Gasteiger partial charge < -0.3 is 0 Å². The maximum absolute atomic E-state index is 12.3. The molecule has 0 amide bonds. The third kappa shape index (κ3) is 6.62. The molecule has 0 bridgehead atoms. The van der Waals surface area contributed by atoms with Crippen LogP contribution in [0.2, 0.25) is 0 Å². The van der Waals surface area contributed by atoms with Gasteiger partial charge in [0.25, 0.3) is 0 Å². The lowest BCUT2D eigenvalue weighted by Crippen LogP contribution is -2.25. The topological polar surface area (TPSA) is 46.2 Å². The zero-order chi connectivity index (χ0) is 15.7. The normalized spacial score (nSPS) is 11.8. The monoisotopic (exact) mass is 311 g/mol. The second-order valence-electron chi connectivity index (χ2n) is 5.79. The molecule has 0 spiro atoms. The van der Waals surface area contributed by atoms with Gasteiger partial charge in [-0.15, -0.1) is 0 Å². The van der Waals surface area contributed by atoms with Crippen molar-refractivity contribution in [3.8, 4) is 0 Å². The summed E-state index contributed by atoms with van der Waals surface area (Å²) in [6, 6.07) is 5.53. The van der Waals surface area contributed by atoms with Crippen molar-refractivity contribution in [2.45, 2.75) is 70.6 Å². The Morgan fingerprint density at radius 3 is 2.24 bits per heavy atom. The zero-order valence-corrected chi connectivity index (χ0v) is 14.4. The molecule has 0 saturated heterocycles. The van der Waals surface area contributed by atoms with Gasteiger partial charge in [-0.05, 0) is 37.5 Å². The van der Waals surface area contributed by atoms with E-state index in [1.54, 1.807) is 6.07 Å². The minimum atomic E-state index is -3.36. The van der Waals surface area contributed by atoms with E-state index in [1.165, 1.54) is 32.1 Å². The van der Waals surface area contributed by atoms with Crippen LogP contribution in [0.25, 0.3) is 0 Å². The average molecular weight is 311 g/mol. The fourth-order valence-corrected chi connectivity index (χ4v) is 3.76. The summed E-state index contributed by atoms with van der Waals surface area (Å²) >= 11 is 0. The van der Waals surface area contributed by atoms with E-state index >= 15 is 0 Å². The summed E-state index contributed by atoms with van der Waals surface area (Å²) in [5.41, 5.74) is 1.77. The van der Waals surface area contributed by atoms with Crippen molar-refractivity contribution in [1.82, 2.24) is 4.72 Å². The van der Waals surface area contributed by atoms with Crippen LogP contribution in [0.1, 0.15) is 63.0 Å². The smallest absolute Gasteiger partial charge is 0.211 e. The predicted octanol–water partition coefficient (Wildman–Crippen LogP) is 4.33. The van der Waals surface area contributed by atoms with Gasteiger partial charge in [0, 0.05) is 6.54 Å². The predicted molar refractivity (Wildman–Crippen MR) is 89.1 cm³/mol. The summed E-state index contributed by atoms with van der Waals surface area (Å²) in [7, 11) is -3.36. The molecule has 0 aliphatic rings. The van der Waals surface area contributed by atoms with Crippen LogP contribution < -0.4 is 4.72 Å². The van der Waals surface area contributed by atoms with Gasteiger partial charge in [0.05, 0.1) is 4.90 Å². The highest BCUT2D eigenvalue weighted by Gasteiger charge is 2.15. The molecule has 0 radical (unpaired) electrons. The number of benzene rings is 1. The first-order valence-corrected chi connectivity index (χ1v) is 9.52. The molecule has 21 heavy (non-hydrogen) atoms. The number of nitrogens with one attached hydrogen (secondary N) is 1. The van der Waals surface area contributed by atoms with Gasteiger partial charge in [-0.1, -0.05) is 57.6 Å². The molecule has 1 aromatic rings.